The van der Waals surface area contributed by atoms with Crippen LogP contribution in [-0.4, -0.2) is 204 Å². The topological polar surface area (TPSA) is 31.9 Å². The van der Waals surface area contributed by atoms with Gasteiger partial charge in [0, 0.05) is 176 Å². The molecule has 0 saturated carbocycles. The SMILES string of the molecule is CN1CCC=C(c2[nH]ncc2SCCCC(F)(F)F)C1.[B]B([B])B(B([B])[B])B(B(B([B])[B])B([B])[B])B(B([B])[B])B([B])[B]. The van der Waals surface area contributed by atoms with Gasteiger partial charge in [0.05, 0.1) is 16.8 Å². The van der Waals surface area contributed by atoms with E-state index in [1.807, 2.05) is 0 Å². The van der Waals surface area contributed by atoms with E-state index in [9.17, 15) is 13.2 Å². The van der Waals surface area contributed by atoms with E-state index in [0.717, 1.165) is 30.1 Å². The van der Waals surface area contributed by atoms with Gasteiger partial charge >= 0.3 is 6.18 Å². The van der Waals surface area contributed by atoms with E-state index in [0.29, 0.717) is 5.75 Å². The lowest BCUT2D eigenvalue weighted by Crippen LogP contribution is -2.83. The number of H-pyrrole nitrogens is 1. The molecular formula is C13H18B22F3N3S. The highest BCUT2D eigenvalue weighted by atomic mass is 32.2. The van der Waals surface area contributed by atoms with Crippen LogP contribution in [0.4, 0.5) is 13.2 Å². The third-order valence-corrected chi connectivity index (χ3v) is 8.24. The third-order valence-electron chi connectivity index (χ3n) is 7.13. The quantitative estimate of drug-likeness (QED) is 0.145. The van der Waals surface area contributed by atoms with Crippen LogP contribution < -0.4 is 0 Å². The van der Waals surface area contributed by atoms with Crippen molar-refractivity contribution < 1.29 is 13.2 Å². The fourth-order valence-corrected chi connectivity index (χ4v) is 6.18. The number of aromatic amines is 1. The van der Waals surface area contributed by atoms with Crippen molar-refractivity contribution in [2.45, 2.75) is 30.3 Å². The zero-order valence-corrected chi connectivity index (χ0v) is 24.9. The molecule has 2 heterocycles. The van der Waals surface area contributed by atoms with Crippen molar-refractivity contribution in [3.05, 3.63) is 18.0 Å². The predicted molar refractivity (Wildman–Crippen MR) is 201 cm³/mol. The van der Waals surface area contributed by atoms with Gasteiger partial charge in [0.15, 0.2) is 0 Å². The van der Waals surface area contributed by atoms with Gasteiger partial charge in [-0.05, 0) is 31.2 Å². The zero-order valence-electron chi connectivity index (χ0n) is 24.0. The van der Waals surface area contributed by atoms with Gasteiger partial charge in [0.1, 0.15) is 0 Å². The van der Waals surface area contributed by atoms with Crippen LogP contribution in [0.2, 0.25) is 0 Å². The maximum atomic E-state index is 12.1. The second kappa shape index (κ2) is 19.2. The number of alkyl halides is 3. The summed E-state index contributed by atoms with van der Waals surface area (Å²) in [6, 6.07) is 0. The summed E-state index contributed by atoms with van der Waals surface area (Å²) in [7, 11) is 71.7. The second-order valence-corrected chi connectivity index (χ2v) is 11.8. The summed E-state index contributed by atoms with van der Waals surface area (Å²) >= 11 is 1.44. The standard InChI is InChI=1S/C13H18F3N3S.B22/c1-19-6-2-4-10(9-19)12-11(8-17-18-12)20-7-3-5-13(14,15)16;1-13(2)19(14(3)4)22(20(15(5)6)16(7)8)21(17(9)10)18(11)12/h4,8H,2-3,5-7,9H2,1H3,(H,17,18);. The number of nitrogens with zero attached hydrogens (tertiary/aromatic N) is 2. The van der Waals surface area contributed by atoms with Crippen LogP contribution in [-0.2, 0) is 0 Å². The van der Waals surface area contributed by atoms with E-state index < -0.39 is 76.4 Å². The molecule has 42 heavy (non-hydrogen) atoms. The Bertz CT molecular complexity index is 863. The van der Waals surface area contributed by atoms with Crippen molar-refractivity contribution >= 4 is 174 Å². The van der Waals surface area contributed by atoms with E-state index >= 15 is 0 Å². The minimum Gasteiger partial charge on any atom is -0.302 e. The highest BCUT2D eigenvalue weighted by Crippen LogP contribution is 2.30. The van der Waals surface area contributed by atoms with Crippen LogP contribution in [0.5, 0.6) is 0 Å². The van der Waals surface area contributed by atoms with E-state index in [2.05, 4.69) is 28.2 Å². The van der Waals surface area contributed by atoms with Crippen molar-refractivity contribution in [1.82, 2.24) is 15.1 Å². The number of hydrogen-bond donors (Lipinski definition) is 1. The normalized spacial score (nSPS) is 13.1. The van der Waals surface area contributed by atoms with Crippen molar-refractivity contribution in [3.8, 4) is 0 Å². The third kappa shape index (κ3) is 13.5. The number of nitrogens with one attached hydrogen (secondary N) is 1. The van der Waals surface area contributed by atoms with Crippen LogP contribution in [0.25, 0.3) is 5.57 Å². The van der Waals surface area contributed by atoms with Gasteiger partial charge < -0.3 is 4.90 Å². The summed E-state index contributed by atoms with van der Waals surface area (Å²) in [5, 5.41) is 6.99. The maximum absolute atomic E-state index is 12.1. The summed E-state index contributed by atoms with van der Waals surface area (Å²) in [6.45, 7) is 1.88. The Labute approximate surface area is 275 Å². The Morgan fingerprint density at radius 2 is 1.26 bits per heavy atom. The molecule has 0 unspecified atom stereocenters. The Hall–Kier alpha value is 0.479. The summed E-state index contributed by atoms with van der Waals surface area (Å²) < 4.78 is 36.3. The first-order valence-corrected chi connectivity index (χ1v) is 14.5. The first-order chi connectivity index (χ1) is 19.4. The lowest BCUT2D eigenvalue weighted by Gasteiger charge is -2.45. The van der Waals surface area contributed by atoms with Crippen LogP contribution in [0, 0.1) is 0 Å². The van der Waals surface area contributed by atoms with Crippen molar-refractivity contribution in [2.24, 2.45) is 0 Å². The molecule has 0 aliphatic carbocycles. The molecule has 1 aliphatic heterocycles. The molecule has 0 spiro atoms. The molecule has 1 aliphatic rings. The highest BCUT2D eigenvalue weighted by molar-refractivity contribution is 8.22. The number of halogens is 3. The minimum absolute atomic E-state index is 0.137. The average molecular weight is 543 g/mol. The molecular weight excluding hydrogens is 525 g/mol. The van der Waals surface area contributed by atoms with Gasteiger partial charge in [-0.15, -0.1) is 11.8 Å². The highest BCUT2D eigenvalue weighted by Gasteiger charge is 2.46. The van der Waals surface area contributed by atoms with Crippen molar-refractivity contribution in [1.29, 1.82) is 0 Å². The molecule has 3 nitrogen and oxygen atoms in total. The van der Waals surface area contributed by atoms with Crippen LogP contribution in [0.15, 0.2) is 17.2 Å². The summed E-state index contributed by atoms with van der Waals surface area (Å²) in [5.74, 6) is 0.454. The van der Waals surface area contributed by atoms with E-state index in [-0.39, 0.29) is 6.42 Å². The van der Waals surface area contributed by atoms with Gasteiger partial charge in [-0.2, -0.15) is 18.3 Å². The Kier molecular flexibility index (Phi) is 18.5. The molecule has 0 atom stereocenters. The molecule has 1 N–H and O–H groups in total. The second-order valence-electron chi connectivity index (χ2n) is 10.7. The Morgan fingerprint density at radius 1 is 0.810 bits per heavy atom. The summed E-state index contributed by atoms with van der Waals surface area (Å²) in [5.41, 5.74) is 2.13. The molecule has 178 valence electrons. The van der Waals surface area contributed by atoms with Gasteiger partial charge in [0.25, 0.3) is 0 Å². The maximum Gasteiger partial charge on any atom is 0.389 e. The Morgan fingerprint density at radius 3 is 1.64 bits per heavy atom. The lowest BCUT2D eigenvalue weighted by molar-refractivity contribution is -0.134. The van der Waals surface area contributed by atoms with Crippen LogP contribution in [0.3, 0.4) is 0 Å². The van der Waals surface area contributed by atoms with Crippen molar-refractivity contribution in [3.63, 3.8) is 0 Å². The van der Waals surface area contributed by atoms with Gasteiger partial charge in [0.2, 0.25) is 0 Å². The molecule has 24 radical (unpaired) electrons. The minimum atomic E-state index is -4.06. The molecule has 0 aromatic carbocycles. The van der Waals surface area contributed by atoms with Crippen molar-refractivity contribution in [2.75, 3.05) is 25.9 Å². The first kappa shape index (κ1) is 40.5. The predicted octanol–water partition coefficient (Wildman–Crippen LogP) is -4.81. The largest absolute Gasteiger partial charge is 0.389 e. The molecule has 0 saturated heterocycles. The average Bonchev–Trinajstić information content (AvgIpc) is 3.29. The Balaban J connectivity index is 0.000000421. The fourth-order valence-electron chi connectivity index (χ4n) is 5.22. The smallest absolute Gasteiger partial charge is 0.302 e. The zero-order chi connectivity index (χ0) is 32.4. The lowest BCUT2D eigenvalue weighted by atomic mass is 8.36. The summed E-state index contributed by atoms with van der Waals surface area (Å²) in [6.07, 6.45) is -8.13. The number of thioether (sulfide) groups is 1. The van der Waals surface area contributed by atoms with E-state index in [4.69, 9.17) is 92.8 Å². The number of likely N-dealkylation sites (N-methyl/N-ethyl adjacent to an activating group) is 1. The van der Waals surface area contributed by atoms with E-state index in [1.165, 1.54) is 17.3 Å². The van der Waals surface area contributed by atoms with Gasteiger partial charge in [-0.3, -0.25) is 5.10 Å². The molecule has 1 aromatic rings. The number of rotatable bonds is 14. The molecule has 0 amide bonds. The number of aromatic nitrogens is 2. The van der Waals surface area contributed by atoms with Crippen LogP contribution >= 0.6 is 11.8 Å². The first-order valence-electron chi connectivity index (χ1n) is 13.6. The monoisotopic (exact) mass is 547 g/mol. The van der Waals surface area contributed by atoms with Gasteiger partial charge in [-0.1, -0.05) is 6.08 Å². The summed E-state index contributed by atoms with van der Waals surface area (Å²) in [4.78, 5) is 3.16. The molecule has 1 aromatic heterocycles. The molecule has 0 bridgehead atoms. The fraction of sp³-hybridized carbons (Fsp3) is 0.615. The molecule has 2 rings (SSSR count). The van der Waals surface area contributed by atoms with E-state index in [1.54, 1.807) is 6.20 Å². The van der Waals surface area contributed by atoms with Gasteiger partial charge in [-0.25, -0.2) is 0 Å². The molecule has 0 fully saturated rings. The number of hydrogen-bond acceptors (Lipinski definition) is 3. The molecule has 29 heteroatoms. The van der Waals surface area contributed by atoms with Crippen LogP contribution in [0.1, 0.15) is 25.0 Å².